The molecule has 0 aromatic heterocycles. The van der Waals surface area contributed by atoms with Gasteiger partial charge in [0.25, 0.3) is 0 Å². The summed E-state index contributed by atoms with van der Waals surface area (Å²) in [4.78, 5) is 0. The molecule has 0 atom stereocenters. The van der Waals surface area contributed by atoms with Crippen LogP contribution in [0.25, 0.3) is 0 Å². The van der Waals surface area contributed by atoms with Gasteiger partial charge in [0.15, 0.2) is 0 Å². The van der Waals surface area contributed by atoms with E-state index in [4.69, 9.17) is 0 Å². The Balaban J connectivity index is 0. The number of hydrogen-bond acceptors (Lipinski definition) is 0. The number of allylic oxidation sites excluding steroid dienone is 4. The summed E-state index contributed by atoms with van der Waals surface area (Å²) in [5, 5.41) is 0. The Morgan fingerprint density at radius 1 is 1.20 bits per heavy atom. The second kappa shape index (κ2) is 10.2. The molecule has 0 aliphatic heterocycles. The first-order valence-electron chi connectivity index (χ1n) is 4.94. The molecule has 0 bridgehead atoms. The van der Waals surface area contributed by atoms with Crippen LogP contribution in [0.5, 0.6) is 0 Å². The van der Waals surface area contributed by atoms with E-state index in [0.717, 1.165) is 0 Å². The minimum Gasteiger partial charge on any atom is -0.275 e. The minimum absolute atomic E-state index is 0. The molecule has 0 N–H and O–H groups in total. The van der Waals surface area contributed by atoms with Crippen LogP contribution in [-0.4, -0.2) is 0 Å². The zero-order valence-electron chi connectivity index (χ0n) is 10.4. The third kappa shape index (κ3) is 8.69. The van der Waals surface area contributed by atoms with Crippen molar-refractivity contribution in [3.05, 3.63) is 53.1 Å². The Labute approximate surface area is 114 Å². The van der Waals surface area contributed by atoms with Gasteiger partial charge in [0.2, 0.25) is 0 Å². The largest absolute Gasteiger partial charge is 2.00 e. The van der Waals surface area contributed by atoms with Crippen LogP contribution in [-0.2, 0) is 26.2 Å². The average molecular weight is 280 g/mol. The van der Waals surface area contributed by atoms with Crippen LogP contribution in [0.2, 0.25) is 0 Å². The van der Waals surface area contributed by atoms with Crippen LogP contribution < -0.4 is 0 Å². The zero-order chi connectivity index (χ0) is 11.0. The van der Waals surface area contributed by atoms with Gasteiger partial charge in [0, 0.05) is 0 Å². The van der Waals surface area contributed by atoms with E-state index in [-0.39, 0.29) is 26.2 Å². The third-order valence-corrected chi connectivity index (χ3v) is 2.23. The number of aryl methyl sites for hydroxylation is 1. The van der Waals surface area contributed by atoms with Gasteiger partial charge in [-0.25, -0.2) is 23.3 Å². The molecule has 0 heterocycles. The summed E-state index contributed by atoms with van der Waals surface area (Å²) >= 11 is 0. The molecular formula is C14H20Zr. The molecule has 15 heavy (non-hydrogen) atoms. The van der Waals surface area contributed by atoms with Gasteiger partial charge in [0.05, 0.1) is 0 Å². The second-order valence-electron chi connectivity index (χ2n) is 3.31. The fraction of sp³-hybridized carbons (Fsp3) is 0.357. The summed E-state index contributed by atoms with van der Waals surface area (Å²) in [6, 6.07) is 8.24. The zero-order valence-corrected chi connectivity index (χ0v) is 12.8. The second-order valence-corrected chi connectivity index (χ2v) is 3.31. The summed E-state index contributed by atoms with van der Waals surface area (Å²) in [6.07, 6.45) is 5.15. The van der Waals surface area contributed by atoms with Gasteiger partial charge in [-0.3, -0.25) is 6.08 Å². The van der Waals surface area contributed by atoms with E-state index in [1.165, 1.54) is 16.7 Å². The smallest absolute Gasteiger partial charge is 0.275 e. The van der Waals surface area contributed by atoms with Gasteiger partial charge in [0.1, 0.15) is 0 Å². The molecular weight excluding hydrogens is 259 g/mol. The topological polar surface area (TPSA) is 0 Å². The molecule has 0 radical (unpaired) electrons. The van der Waals surface area contributed by atoms with Gasteiger partial charge >= 0.3 is 26.2 Å². The van der Waals surface area contributed by atoms with E-state index in [1.54, 1.807) is 0 Å². The Hall–Kier alpha value is -0.287. The van der Waals surface area contributed by atoms with Crippen molar-refractivity contribution in [3.8, 4) is 0 Å². The summed E-state index contributed by atoms with van der Waals surface area (Å²) < 4.78 is 0. The number of hydrogen-bond donors (Lipinski definition) is 0. The normalized spacial score (nSPS) is 11.3. The van der Waals surface area contributed by atoms with Crippen molar-refractivity contribution in [3.63, 3.8) is 0 Å². The van der Waals surface area contributed by atoms with E-state index in [0.29, 0.717) is 0 Å². The van der Waals surface area contributed by atoms with Crippen molar-refractivity contribution in [2.75, 3.05) is 0 Å². The first kappa shape index (κ1) is 17.1. The monoisotopic (exact) mass is 278 g/mol. The number of rotatable bonds is 1. The van der Waals surface area contributed by atoms with Gasteiger partial charge in [-0.05, 0) is 0 Å². The summed E-state index contributed by atoms with van der Waals surface area (Å²) in [6.45, 7) is 10.2. The Morgan fingerprint density at radius 2 is 1.67 bits per heavy atom. The quantitative estimate of drug-likeness (QED) is 0.527. The molecule has 0 aliphatic rings. The molecule has 0 amide bonds. The van der Waals surface area contributed by atoms with Crippen LogP contribution in [0.1, 0.15) is 33.3 Å². The third-order valence-electron chi connectivity index (χ3n) is 2.23. The Bertz CT molecular complexity index is 273. The molecule has 1 aromatic rings. The molecule has 1 heteroatoms. The van der Waals surface area contributed by atoms with Gasteiger partial charge in [-0.1, -0.05) is 20.8 Å². The van der Waals surface area contributed by atoms with Crippen molar-refractivity contribution in [2.24, 2.45) is 0 Å². The molecule has 0 unspecified atom stereocenters. The molecule has 1 aromatic carbocycles. The Kier molecular flexibility index (Phi) is 11.7. The SMILES string of the molecule is C[C-]=C(C)C(C)=CC.C[c-]1cccc1.[Zr+2]. The van der Waals surface area contributed by atoms with Crippen LogP contribution in [0.4, 0.5) is 0 Å². The average Bonchev–Trinajstić information content (AvgIpc) is 2.67. The van der Waals surface area contributed by atoms with Gasteiger partial charge in [-0.15, -0.1) is 13.8 Å². The maximum Gasteiger partial charge on any atom is 2.00 e. The van der Waals surface area contributed by atoms with Crippen molar-refractivity contribution in [2.45, 2.75) is 34.6 Å². The van der Waals surface area contributed by atoms with E-state index >= 15 is 0 Å². The Morgan fingerprint density at radius 3 is 1.80 bits per heavy atom. The standard InChI is InChI=1S/C8H13.C6H7.Zr/c1-5-7(3)8(4)6-2;1-6-4-2-3-5-6;/h5H,1-4H3;2-5H,1H3;/q2*-1;+2. The maximum absolute atomic E-state index is 3.06. The molecule has 80 valence electrons. The van der Waals surface area contributed by atoms with E-state index in [1.807, 2.05) is 26.0 Å². The predicted octanol–water partition coefficient (Wildman–Crippen LogP) is 4.43. The van der Waals surface area contributed by atoms with E-state index in [2.05, 4.69) is 45.1 Å². The van der Waals surface area contributed by atoms with Crippen molar-refractivity contribution >= 4 is 0 Å². The maximum atomic E-state index is 3.06. The molecule has 0 saturated heterocycles. The summed E-state index contributed by atoms with van der Waals surface area (Å²) in [7, 11) is 0. The van der Waals surface area contributed by atoms with Crippen LogP contribution in [0.3, 0.4) is 0 Å². The molecule has 0 aliphatic carbocycles. The van der Waals surface area contributed by atoms with Crippen molar-refractivity contribution < 1.29 is 26.2 Å². The van der Waals surface area contributed by atoms with Crippen LogP contribution in [0.15, 0.2) is 41.5 Å². The van der Waals surface area contributed by atoms with Crippen LogP contribution >= 0.6 is 0 Å². The van der Waals surface area contributed by atoms with Gasteiger partial charge < -0.3 is 0 Å². The summed E-state index contributed by atoms with van der Waals surface area (Å²) in [5.41, 5.74) is 3.90. The van der Waals surface area contributed by atoms with E-state index in [9.17, 15) is 0 Å². The van der Waals surface area contributed by atoms with Crippen molar-refractivity contribution in [1.29, 1.82) is 0 Å². The molecule has 0 spiro atoms. The van der Waals surface area contributed by atoms with Crippen molar-refractivity contribution in [1.82, 2.24) is 0 Å². The minimum atomic E-state index is 0. The van der Waals surface area contributed by atoms with Gasteiger partial charge in [-0.2, -0.15) is 23.8 Å². The first-order chi connectivity index (χ1) is 6.61. The molecule has 0 nitrogen and oxygen atoms in total. The fourth-order valence-corrected chi connectivity index (χ4v) is 0.884. The molecule has 0 fully saturated rings. The summed E-state index contributed by atoms with van der Waals surface area (Å²) in [5.74, 6) is 0. The molecule has 0 saturated carbocycles. The van der Waals surface area contributed by atoms with Crippen LogP contribution in [0, 0.1) is 13.0 Å². The van der Waals surface area contributed by atoms with E-state index < -0.39 is 0 Å². The predicted molar refractivity (Wildman–Crippen MR) is 64.3 cm³/mol. The fourth-order valence-electron chi connectivity index (χ4n) is 0.884. The molecule has 1 rings (SSSR count). The first-order valence-corrected chi connectivity index (χ1v) is 4.94.